The highest BCUT2D eigenvalue weighted by Crippen LogP contribution is 2.45. The Labute approximate surface area is 201 Å². The smallest absolute Gasteiger partial charge is 0.249 e. The first kappa shape index (κ1) is 20.4. The lowest BCUT2D eigenvalue weighted by Gasteiger charge is -2.38. The van der Waals surface area contributed by atoms with E-state index in [0.29, 0.717) is 10.9 Å². The molecule has 6 heteroatoms. The molecule has 0 aliphatic rings. The Kier molecular flexibility index (Phi) is 4.97. The molecular formula is C28H19ClN4O. The van der Waals surface area contributed by atoms with Crippen LogP contribution in [0.15, 0.2) is 120 Å². The molecule has 0 radical (unpaired) electrons. The van der Waals surface area contributed by atoms with Crippen molar-refractivity contribution < 1.29 is 4.42 Å². The van der Waals surface area contributed by atoms with Gasteiger partial charge in [0, 0.05) is 12.4 Å². The zero-order valence-corrected chi connectivity index (χ0v) is 18.8. The number of fused-ring (bicyclic) bond motifs is 1. The van der Waals surface area contributed by atoms with Gasteiger partial charge >= 0.3 is 0 Å². The molecule has 0 aliphatic heterocycles. The van der Waals surface area contributed by atoms with Gasteiger partial charge in [-0.3, -0.25) is 0 Å². The second-order valence-corrected chi connectivity index (χ2v) is 8.36. The Morgan fingerprint density at radius 3 is 1.79 bits per heavy atom. The molecular weight excluding hydrogens is 444 g/mol. The number of benzene rings is 3. The molecule has 164 valence electrons. The summed E-state index contributed by atoms with van der Waals surface area (Å²) in [5, 5.41) is 9.40. The van der Waals surface area contributed by atoms with Gasteiger partial charge in [0.05, 0.1) is 16.0 Å². The van der Waals surface area contributed by atoms with E-state index in [1.54, 1.807) is 12.3 Å². The molecule has 6 aromatic rings. The molecule has 0 N–H and O–H groups in total. The summed E-state index contributed by atoms with van der Waals surface area (Å²) in [5.41, 5.74) is 3.97. The maximum absolute atomic E-state index is 6.74. The van der Waals surface area contributed by atoms with Crippen molar-refractivity contribution in [1.29, 1.82) is 0 Å². The van der Waals surface area contributed by atoms with Crippen LogP contribution < -0.4 is 0 Å². The maximum Gasteiger partial charge on any atom is 0.249 e. The summed E-state index contributed by atoms with van der Waals surface area (Å²) >= 11 is 6.74. The molecule has 3 aromatic heterocycles. The molecule has 0 atom stereocenters. The Balaban J connectivity index is 1.82. The number of hydrogen-bond donors (Lipinski definition) is 0. The fourth-order valence-electron chi connectivity index (χ4n) is 4.78. The monoisotopic (exact) mass is 462 g/mol. The summed E-state index contributed by atoms with van der Waals surface area (Å²) < 4.78 is 7.78. The molecule has 0 bridgehead atoms. The lowest BCUT2D eigenvalue weighted by atomic mass is 9.76. The molecule has 0 unspecified atom stereocenters. The van der Waals surface area contributed by atoms with Crippen molar-refractivity contribution in [3.05, 3.63) is 138 Å². The van der Waals surface area contributed by atoms with E-state index in [9.17, 15) is 0 Å². The van der Waals surface area contributed by atoms with Gasteiger partial charge in [-0.15, -0.1) is 10.2 Å². The summed E-state index contributed by atoms with van der Waals surface area (Å²) in [4.78, 5) is 4.80. The van der Waals surface area contributed by atoms with Crippen molar-refractivity contribution in [3.8, 4) is 11.5 Å². The third kappa shape index (κ3) is 3.05. The molecule has 0 saturated heterocycles. The zero-order chi connectivity index (χ0) is 23.0. The first-order valence-electron chi connectivity index (χ1n) is 10.9. The van der Waals surface area contributed by atoms with Crippen molar-refractivity contribution in [2.75, 3.05) is 0 Å². The van der Waals surface area contributed by atoms with Crippen LogP contribution in [0.25, 0.3) is 22.5 Å². The third-order valence-corrected chi connectivity index (χ3v) is 6.48. The highest BCUT2D eigenvalue weighted by Gasteiger charge is 2.40. The fourth-order valence-corrected chi connectivity index (χ4v) is 5.02. The predicted molar refractivity (Wildman–Crippen MR) is 133 cm³/mol. The minimum atomic E-state index is -0.738. The molecule has 34 heavy (non-hydrogen) atoms. The molecule has 3 aromatic carbocycles. The molecule has 0 fully saturated rings. The van der Waals surface area contributed by atoms with Gasteiger partial charge in [-0.05, 0) is 22.8 Å². The maximum atomic E-state index is 6.74. The highest BCUT2D eigenvalue weighted by atomic mass is 35.5. The van der Waals surface area contributed by atoms with Crippen LogP contribution in [0.5, 0.6) is 0 Å². The van der Waals surface area contributed by atoms with Crippen molar-refractivity contribution in [2.24, 2.45) is 0 Å². The lowest BCUT2D eigenvalue weighted by molar-refractivity contribution is 0.528. The minimum Gasteiger partial charge on any atom is -0.423 e. The van der Waals surface area contributed by atoms with Gasteiger partial charge in [0.2, 0.25) is 12.3 Å². The van der Waals surface area contributed by atoms with Crippen molar-refractivity contribution in [2.45, 2.75) is 5.54 Å². The van der Waals surface area contributed by atoms with Crippen molar-refractivity contribution >= 4 is 22.6 Å². The molecule has 0 spiro atoms. The van der Waals surface area contributed by atoms with Crippen LogP contribution in [0, 0.1) is 0 Å². The molecule has 5 nitrogen and oxygen atoms in total. The number of pyridine rings is 1. The first-order valence-corrected chi connectivity index (χ1v) is 11.3. The van der Waals surface area contributed by atoms with Crippen molar-refractivity contribution in [1.82, 2.24) is 19.7 Å². The minimum absolute atomic E-state index is 0.390. The highest BCUT2D eigenvalue weighted by molar-refractivity contribution is 6.36. The van der Waals surface area contributed by atoms with Gasteiger partial charge in [0.1, 0.15) is 11.2 Å². The van der Waals surface area contributed by atoms with E-state index in [1.165, 1.54) is 6.39 Å². The SMILES string of the molecule is Clc1ccnc2c1c(-c1nnco1)cn2C(c1ccccc1)(c1ccccc1)c1ccccc1. The van der Waals surface area contributed by atoms with Crippen LogP contribution in [0.3, 0.4) is 0 Å². The summed E-state index contributed by atoms with van der Waals surface area (Å²) in [6, 6.07) is 33.0. The van der Waals surface area contributed by atoms with E-state index < -0.39 is 5.54 Å². The third-order valence-electron chi connectivity index (χ3n) is 6.16. The van der Waals surface area contributed by atoms with Gasteiger partial charge in [0.25, 0.3) is 0 Å². The largest absolute Gasteiger partial charge is 0.423 e. The zero-order valence-electron chi connectivity index (χ0n) is 18.0. The van der Waals surface area contributed by atoms with E-state index in [1.807, 2.05) is 24.4 Å². The number of rotatable bonds is 5. The standard InChI is InChI=1S/C28H19ClN4O/c29-24-16-17-30-26-25(24)23(27-32-31-19-34-27)18-33(26)28(20-10-4-1-5-11-20,21-12-6-2-7-13-21)22-14-8-3-9-15-22/h1-19H. The summed E-state index contributed by atoms with van der Waals surface area (Å²) in [7, 11) is 0. The summed E-state index contributed by atoms with van der Waals surface area (Å²) in [6.45, 7) is 0. The summed E-state index contributed by atoms with van der Waals surface area (Å²) in [5.74, 6) is 0.390. The lowest BCUT2D eigenvalue weighted by Crippen LogP contribution is -2.37. The fraction of sp³-hybridized carbons (Fsp3) is 0.0357. The average molecular weight is 463 g/mol. The Morgan fingerprint density at radius 1 is 0.735 bits per heavy atom. The van der Waals surface area contributed by atoms with Crippen molar-refractivity contribution in [3.63, 3.8) is 0 Å². The number of nitrogens with zero attached hydrogens (tertiary/aromatic N) is 4. The van der Waals surface area contributed by atoms with Crippen LogP contribution >= 0.6 is 11.6 Å². The predicted octanol–water partition coefficient (Wildman–Crippen LogP) is 6.58. The Morgan fingerprint density at radius 2 is 1.29 bits per heavy atom. The molecule has 3 heterocycles. The second-order valence-electron chi connectivity index (χ2n) is 7.96. The van der Waals surface area contributed by atoms with E-state index in [-0.39, 0.29) is 0 Å². The Bertz CT molecular complexity index is 1450. The Hall–Kier alpha value is -4.22. The average Bonchev–Trinajstić information content (AvgIpc) is 3.56. The number of hydrogen-bond acceptors (Lipinski definition) is 4. The normalized spacial score (nSPS) is 11.7. The molecule has 0 aliphatic carbocycles. The van der Waals surface area contributed by atoms with Gasteiger partial charge in [0.15, 0.2) is 0 Å². The van der Waals surface area contributed by atoms with Crippen LogP contribution in [0.4, 0.5) is 0 Å². The van der Waals surface area contributed by atoms with Crippen LogP contribution in [0.2, 0.25) is 5.02 Å². The number of halogens is 1. The second kappa shape index (κ2) is 8.28. The topological polar surface area (TPSA) is 56.7 Å². The van der Waals surface area contributed by atoms with Gasteiger partial charge in [-0.2, -0.15) is 0 Å². The van der Waals surface area contributed by atoms with Gasteiger partial charge < -0.3 is 8.98 Å². The van der Waals surface area contributed by atoms with Crippen LogP contribution in [-0.4, -0.2) is 19.7 Å². The van der Waals surface area contributed by atoms with E-state index in [2.05, 4.69) is 87.6 Å². The summed E-state index contributed by atoms with van der Waals surface area (Å²) in [6.07, 6.45) is 5.07. The molecule has 0 amide bonds. The van der Waals surface area contributed by atoms with Gasteiger partial charge in [-0.1, -0.05) is 103 Å². The molecule has 6 rings (SSSR count). The molecule has 0 saturated carbocycles. The van der Waals surface area contributed by atoms with Crippen LogP contribution in [-0.2, 0) is 5.54 Å². The number of aromatic nitrogens is 4. The quantitative estimate of drug-likeness (QED) is 0.271. The van der Waals surface area contributed by atoms with E-state index >= 15 is 0 Å². The van der Waals surface area contributed by atoms with Crippen LogP contribution in [0.1, 0.15) is 16.7 Å². The first-order chi connectivity index (χ1) is 16.8. The van der Waals surface area contributed by atoms with Gasteiger partial charge in [-0.25, -0.2) is 4.98 Å². The van der Waals surface area contributed by atoms with E-state index in [0.717, 1.165) is 33.3 Å². The van der Waals surface area contributed by atoms with E-state index in [4.69, 9.17) is 21.0 Å².